The van der Waals surface area contributed by atoms with Crippen molar-refractivity contribution in [2.45, 2.75) is 13.0 Å². The molecule has 0 spiro atoms. The maximum atomic E-state index is 5.83. The first-order valence-corrected chi connectivity index (χ1v) is 5.91. The fourth-order valence-electron chi connectivity index (χ4n) is 2.48. The molecule has 2 heterocycles. The van der Waals surface area contributed by atoms with Gasteiger partial charge in [-0.05, 0) is 11.1 Å². The molecule has 1 heteroatoms. The zero-order valence-electron chi connectivity index (χ0n) is 9.47. The second-order valence-electron chi connectivity index (χ2n) is 4.64. The fraction of sp³-hybridized carbons (Fsp3) is 0.333. The summed E-state index contributed by atoms with van der Waals surface area (Å²) in [5.41, 5.74) is 2.76. The SMILES string of the molecule is CC1C=CC2COC1C=C2c1ccccc1. The molecule has 1 nitrogen and oxygen atoms in total. The first kappa shape index (κ1) is 9.86. The van der Waals surface area contributed by atoms with Gasteiger partial charge in [-0.1, -0.05) is 55.5 Å². The van der Waals surface area contributed by atoms with Crippen molar-refractivity contribution < 1.29 is 4.74 Å². The van der Waals surface area contributed by atoms with Gasteiger partial charge < -0.3 is 4.74 Å². The van der Waals surface area contributed by atoms with Crippen LogP contribution in [0.4, 0.5) is 0 Å². The third-order valence-electron chi connectivity index (χ3n) is 3.48. The molecule has 3 atom stereocenters. The van der Waals surface area contributed by atoms with Crippen LogP contribution in [0, 0.1) is 11.8 Å². The fourth-order valence-corrected chi connectivity index (χ4v) is 2.48. The maximum absolute atomic E-state index is 5.83. The van der Waals surface area contributed by atoms with E-state index < -0.39 is 0 Å². The molecule has 0 N–H and O–H groups in total. The summed E-state index contributed by atoms with van der Waals surface area (Å²) in [4.78, 5) is 0. The average Bonchev–Trinajstić information content (AvgIpc) is 2.62. The molecule has 82 valence electrons. The van der Waals surface area contributed by atoms with Crippen LogP contribution >= 0.6 is 0 Å². The number of fused-ring (bicyclic) bond motifs is 2. The van der Waals surface area contributed by atoms with Crippen molar-refractivity contribution in [3.8, 4) is 0 Å². The van der Waals surface area contributed by atoms with E-state index in [-0.39, 0.29) is 6.10 Å². The van der Waals surface area contributed by atoms with E-state index in [0.29, 0.717) is 11.8 Å². The quantitative estimate of drug-likeness (QED) is 0.649. The van der Waals surface area contributed by atoms with Gasteiger partial charge in [0.1, 0.15) is 0 Å². The molecule has 1 aromatic rings. The van der Waals surface area contributed by atoms with Crippen molar-refractivity contribution in [3.63, 3.8) is 0 Å². The van der Waals surface area contributed by atoms with Gasteiger partial charge in [0, 0.05) is 11.8 Å². The Balaban J connectivity index is 2.03. The highest BCUT2D eigenvalue weighted by atomic mass is 16.5. The third-order valence-corrected chi connectivity index (χ3v) is 3.48. The lowest BCUT2D eigenvalue weighted by atomic mass is 9.91. The Kier molecular flexibility index (Phi) is 2.41. The lowest BCUT2D eigenvalue weighted by Gasteiger charge is -2.26. The van der Waals surface area contributed by atoms with E-state index in [0.717, 1.165) is 6.61 Å². The molecule has 0 aromatic heterocycles. The molecule has 0 radical (unpaired) electrons. The number of hydrogen-bond acceptors (Lipinski definition) is 1. The summed E-state index contributed by atoms with van der Waals surface area (Å²) in [7, 11) is 0. The maximum Gasteiger partial charge on any atom is 0.0822 e. The highest BCUT2D eigenvalue weighted by Gasteiger charge is 2.28. The molecule has 2 bridgehead atoms. The molecule has 16 heavy (non-hydrogen) atoms. The largest absolute Gasteiger partial charge is 0.373 e. The van der Waals surface area contributed by atoms with Crippen molar-refractivity contribution in [1.82, 2.24) is 0 Å². The summed E-state index contributed by atoms with van der Waals surface area (Å²) in [5, 5.41) is 0. The Morgan fingerprint density at radius 2 is 1.94 bits per heavy atom. The van der Waals surface area contributed by atoms with Crippen LogP contribution in [0.3, 0.4) is 0 Å². The lowest BCUT2D eigenvalue weighted by Crippen LogP contribution is -2.24. The van der Waals surface area contributed by atoms with E-state index in [9.17, 15) is 0 Å². The van der Waals surface area contributed by atoms with Crippen LogP contribution in [0.5, 0.6) is 0 Å². The second-order valence-corrected chi connectivity index (χ2v) is 4.64. The van der Waals surface area contributed by atoms with Crippen LogP contribution < -0.4 is 0 Å². The first-order chi connectivity index (χ1) is 7.84. The molecular weight excluding hydrogens is 196 g/mol. The summed E-state index contributed by atoms with van der Waals surface area (Å²) < 4.78 is 5.83. The van der Waals surface area contributed by atoms with Crippen LogP contribution in [0.1, 0.15) is 12.5 Å². The molecule has 0 fully saturated rings. The highest BCUT2D eigenvalue weighted by Crippen LogP contribution is 2.35. The summed E-state index contributed by atoms with van der Waals surface area (Å²) in [6.07, 6.45) is 7.14. The van der Waals surface area contributed by atoms with Gasteiger partial charge in [0.05, 0.1) is 12.7 Å². The minimum absolute atomic E-state index is 0.255. The van der Waals surface area contributed by atoms with E-state index in [1.54, 1.807) is 0 Å². The smallest absolute Gasteiger partial charge is 0.0822 e. The topological polar surface area (TPSA) is 9.23 Å². The van der Waals surface area contributed by atoms with Gasteiger partial charge >= 0.3 is 0 Å². The number of rotatable bonds is 1. The van der Waals surface area contributed by atoms with E-state index >= 15 is 0 Å². The summed E-state index contributed by atoms with van der Waals surface area (Å²) >= 11 is 0. The molecule has 0 amide bonds. The van der Waals surface area contributed by atoms with E-state index in [1.165, 1.54) is 11.1 Å². The number of ether oxygens (including phenoxy) is 1. The van der Waals surface area contributed by atoms with Gasteiger partial charge in [0.25, 0.3) is 0 Å². The van der Waals surface area contributed by atoms with E-state index in [4.69, 9.17) is 4.74 Å². The third kappa shape index (κ3) is 1.61. The summed E-state index contributed by atoms with van der Waals surface area (Å²) in [5.74, 6) is 0.926. The normalized spacial score (nSPS) is 32.3. The average molecular weight is 212 g/mol. The van der Waals surface area contributed by atoms with Gasteiger partial charge in [0.15, 0.2) is 0 Å². The second kappa shape index (κ2) is 3.91. The van der Waals surface area contributed by atoms with Crippen molar-refractivity contribution in [1.29, 1.82) is 0 Å². The van der Waals surface area contributed by atoms with Gasteiger partial charge in [-0.25, -0.2) is 0 Å². The minimum Gasteiger partial charge on any atom is -0.373 e. The summed E-state index contributed by atoms with van der Waals surface area (Å²) in [6.45, 7) is 3.04. The van der Waals surface area contributed by atoms with Crippen LogP contribution in [-0.4, -0.2) is 12.7 Å². The Labute approximate surface area is 96.4 Å². The standard InChI is InChI=1S/C15H16O/c1-11-7-8-13-10-16-15(11)9-14(13)12-5-3-2-4-6-12/h2-9,11,13,15H,10H2,1H3. The molecule has 3 aliphatic rings. The van der Waals surface area contributed by atoms with Crippen LogP contribution in [0.15, 0.2) is 48.6 Å². The van der Waals surface area contributed by atoms with Gasteiger partial charge in [0.2, 0.25) is 0 Å². The van der Waals surface area contributed by atoms with Crippen molar-refractivity contribution in [2.75, 3.05) is 6.61 Å². The van der Waals surface area contributed by atoms with Crippen LogP contribution in [0.25, 0.3) is 5.57 Å². The van der Waals surface area contributed by atoms with Gasteiger partial charge in [-0.3, -0.25) is 0 Å². The minimum atomic E-state index is 0.255. The van der Waals surface area contributed by atoms with E-state index in [1.807, 2.05) is 0 Å². The number of benzene rings is 1. The number of hydrogen-bond donors (Lipinski definition) is 0. The monoisotopic (exact) mass is 212 g/mol. The van der Waals surface area contributed by atoms with E-state index in [2.05, 4.69) is 55.5 Å². The van der Waals surface area contributed by atoms with Crippen molar-refractivity contribution in [3.05, 3.63) is 54.1 Å². The van der Waals surface area contributed by atoms with Gasteiger partial charge in [-0.2, -0.15) is 0 Å². The molecule has 1 aliphatic carbocycles. The predicted molar refractivity (Wildman–Crippen MR) is 66.0 cm³/mol. The first-order valence-electron chi connectivity index (χ1n) is 5.91. The Hall–Kier alpha value is -1.34. The van der Waals surface area contributed by atoms with Crippen molar-refractivity contribution >= 4 is 5.57 Å². The van der Waals surface area contributed by atoms with Crippen LogP contribution in [0.2, 0.25) is 0 Å². The van der Waals surface area contributed by atoms with Crippen molar-refractivity contribution in [2.24, 2.45) is 11.8 Å². The van der Waals surface area contributed by atoms with Crippen LogP contribution in [-0.2, 0) is 4.74 Å². The predicted octanol–water partition coefficient (Wildman–Crippen LogP) is 3.29. The molecule has 3 unspecified atom stereocenters. The Morgan fingerprint density at radius 1 is 1.12 bits per heavy atom. The molecule has 4 rings (SSSR count). The Bertz CT molecular complexity index is 430. The molecule has 0 saturated carbocycles. The Morgan fingerprint density at radius 3 is 2.75 bits per heavy atom. The van der Waals surface area contributed by atoms with Gasteiger partial charge in [-0.15, -0.1) is 0 Å². The molecule has 1 aromatic carbocycles. The molecular formula is C15H16O. The summed E-state index contributed by atoms with van der Waals surface area (Å²) in [6, 6.07) is 10.6. The lowest BCUT2D eigenvalue weighted by molar-refractivity contribution is 0.0535. The zero-order chi connectivity index (χ0) is 11.0. The molecule has 0 saturated heterocycles. The molecule has 2 aliphatic heterocycles. The zero-order valence-corrected chi connectivity index (χ0v) is 9.47. The highest BCUT2D eigenvalue weighted by molar-refractivity contribution is 5.70.